The first kappa shape index (κ1) is 20.7. The number of rotatable bonds is 13. The molecule has 1 aromatic carbocycles. The summed E-state index contributed by atoms with van der Waals surface area (Å²) in [5, 5.41) is 2.77. The molecule has 0 saturated heterocycles. The quantitative estimate of drug-likeness (QED) is 0.527. The van der Waals surface area contributed by atoms with Gasteiger partial charge in [-0.15, -0.1) is 0 Å². The highest BCUT2D eigenvalue weighted by Crippen LogP contribution is 2.11. The van der Waals surface area contributed by atoms with E-state index in [-0.39, 0.29) is 5.91 Å². The minimum Gasteiger partial charge on any atom is -0.379 e. The Morgan fingerprint density at radius 2 is 1.79 bits per heavy atom. The van der Waals surface area contributed by atoms with Gasteiger partial charge in [0.15, 0.2) is 0 Å². The molecule has 0 bridgehead atoms. The van der Waals surface area contributed by atoms with Gasteiger partial charge in [0.25, 0.3) is 0 Å². The van der Waals surface area contributed by atoms with Crippen LogP contribution in [0.1, 0.15) is 58.4 Å². The lowest BCUT2D eigenvalue weighted by molar-refractivity contribution is -0.114. The molecule has 4 nitrogen and oxygen atoms in total. The van der Waals surface area contributed by atoms with Gasteiger partial charge in [0.2, 0.25) is 5.91 Å². The van der Waals surface area contributed by atoms with E-state index < -0.39 is 0 Å². The van der Waals surface area contributed by atoms with E-state index in [1.807, 2.05) is 24.3 Å². The van der Waals surface area contributed by atoms with Crippen LogP contribution in [-0.2, 0) is 20.9 Å². The second kappa shape index (κ2) is 13.0. The maximum atomic E-state index is 11.0. The van der Waals surface area contributed by atoms with Crippen molar-refractivity contribution in [1.82, 2.24) is 0 Å². The summed E-state index contributed by atoms with van der Waals surface area (Å²) in [4.78, 5) is 11.0. The van der Waals surface area contributed by atoms with Crippen molar-refractivity contribution in [1.29, 1.82) is 0 Å². The van der Waals surface area contributed by atoms with Crippen molar-refractivity contribution in [3.05, 3.63) is 29.8 Å². The van der Waals surface area contributed by atoms with Gasteiger partial charge in [-0.2, -0.15) is 0 Å². The van der Waals surface area contributed by atoms with Crippen LogP contribution >= 0.6 is 0 Å². The number of hydrogen-bond donors (Lipinski definition) is 1. The van der Waals surface area contributed by atoms with E-state index in [4.69, 9.17) is 9.47 Å². The van der Waals surface area contributed by atoms with E-state index >= 15 is 0 Å². The molecule has 0 aliphatic heterocycles. The van der Waals surface area contributed by atoms with E-state index in [1.165, 1.54) is 32.6 Å². The summed E-state index contributed by atoms with van der Waals surface area (Å²) in [6, 6.07) is 7.71. The molecule has 1 aromatic rings. The van der Waals surface area contributed by atoms with Crippen LogP contribution in [-0.4, -0.2) is 25.7 Å². The monoisotopic (exact) mass is 335 g/mol. The Bertz CT molecular complexity index is 460. The molecule has 4 heteroatoms. The number of benzene rings is 1. The Balaban J connectivity index is 1.98. The standard InChI is InChI=1S/C20H33NO3/c1-17(2)9-6-4-5-7-12-23-13-14-24-16-19-10-8-11-20(15-19)21-18(3)22/h8,10-11,15,17H,4-7,9,12-14,16H2,1-3H3,(H,21,22). The Hall–Kier alpha value is -1.39. The lowest BCUT2D eigenvalue weighted by Gasteiger charge is -2.08. The van der Waals surface area contributed by atoms with Crippen LogP contribution < -0.4 is 5.32 Å². The van der Waals surface area contributed by atoms with Gasteiger partial charge < -0.3 is 14.8 Å². The zero-order chi connectivity index (χ0) is 17.6. The molecule has 0 aliphatic rings. The molecule has 0 fully saturated rings. The fourth-order valence-corrected chi connectivity index (χ4v) is 2.46. The topological polar surface area (TPSA) is 47.6 Å². The SMILES string of the molecule is CC(=O)Nc1cccc(COCCOCCCCCCC(C)C)c1. The molecule has 0 unspecified atom stereocenters. The number of anilines is 1. The molecular weight excluding hydrogens is 302 g/mol. The van der Waals surface area contributed by atoms with Crippen molar-refractivity contribution in [2.75, 3.05) is 25.1 Å². The van der Waals surface area contributed by atoms with Gasteiger partial charge in [-0.1, -0.05) is 51.7 Å². The second-order valence-corrected chi connectivity index (χ2v) is 6.64. The van der Waals surface area contributed by atoms with Crippen molar-refractivity contribution < 1.29 is 14.3 Å². The van der Waals surface area contributed by atoms with Crippen LogP contribution in [0.15, 0.2) is 24.3 Å². The Kier molecular flexibility index (Phi) is 11.2. The Morgan fingerprint density at radius 3 is 2.54 bits per heavy atom. The number of amides is 1. The summed E-state index contributed by atoms with van der Waals surface area (Å²) in [5.74, 6) is 0.753. The van der Waals surface area contributed by atoms with Gasteiger partial charge in [-0.05, 0) is 30.0 Å². The van der Waals surface area contributed by atoms with E-state index in [1.54, 1.807) is 0 Å². The smallest absolute Gasteiger partial charge is 0.221 e. The normalized spacial score (nSPS) is 11.0. The fraction of sp³-hybridized carbons (Fsp3) is 0.650. The molecule has 1 amide bonds. The third-order valence-electron chi connectivity index (χ3n) is 3.71. The summed E-state index contributed by atoms with van der Waals surface area (Å²) in [6.07, 6.45) is 6.36. The van der Waals surface area contributed by atoms with Gasteiger partial charge in [-0.3, -0.25) is 4.79 Å². The lowest BCUT2D eigenvalue weighted by atomic mass is 10.0. The highest BCUT2D eigenvalue weighted by Gasteiger charge is 1.99. The van der Waals surface area contributed by atoms with E-state index in [2.05, 4.69) is 19.2 Å². The number of carbonyl (C=O) groups excluding carboxylic acids is 1. The summed E-state index contributed by atoms with van der Waals surface area (Å²) < 4.78 is 11.2. The average molecular weight is 335 g/mol. The molecule has 0 heterocycles. The van der Waals surface area contributed by atoms with Gasteiger partial charge in [-0.25, -0.2) is 0 Å². The average Bonchev–Trinajstić information content (AvgIpc) is 2.52. The van der Waals surface area contributed by atoms with Gasteiger partial charge in [0.05, 0.1) is 19.8 Å². The molecule has 0 radical (unpaired) electrons. The molecule has 1 N–H and O–H groups in total. The third-order valence-corrected chi connectivity index (χ3v) is 3.71. The van der Waals surface area contributed by atoms with Crippen molar-refractivity contribution in [2.45, 2.75) is 59.5 Å². The van der Waals surface area contributed by atoms with Crippen LogP contribution in [0.4, 0.5) is 5.69 Å². The Labute approximate surface area is 146 Å². The largest absolute Gasteiger partial charge is 0.379 e. The molecule has 0 aliphatic carbocycles. The lowest BCUT2D eigenvalue weighted by Crippen LogP contribution is -2.07. The summed E-state index contributed by atoms with van der Waals surface area (Å²) in [6.45, 7) is 8.65. The first-order valence-corrected chi connectivity index (χ1v) is 9.10. The van der Waals surface area contributed by atoms with E-state index in [9.17, 15) is 4.79 Å². The number of hydrogen-bond acceptors (Lipinski definition) is 3. The van der Waals surface area contributed by atoms with Crippen molar-refractivity contribution >= 4 is 11.6 Å². The fourth-order valence-electron chi connectivity index (χ4n) is 2.46. The molecule has 0 atom stereocenters. The van der Waals surface area contributed by atoms with Crippen molar-refractivity contribution in [2.24, 2.45) is 5.92 Å². The van der Waals surface area contributed by atoms with Crippen molar-refractivity contribution in [3.8, 4) is 0 Å². The molecule has 24 heavy (non-hydrogen) atoms. The van der Waals surface area contributed by atoms with Crippen LogP contribution in [0.2, 0.25) is 0 Å². The zero-order valence-electron chi connectivity index (χ0n) is 15.5. The van der Waals surface area contributed by atoms with Gasteiger partial charge in [0.1, 0.15) is 0 Å². The van der Waals surface area contributed by atoms with Crippen molar-refractivity contribution in [3.63, 3.8) is 0 Å². The summed E-state index contributed by atoms with van der Waals surface area (Å²) in [7, 11) is 0. The first-order chi connectivity index (χ1) is 11.6. The molecule has 136 valence electrons. The molecular formula is C20H33NO3. The highest BCUT2D eigenvalue weighted by atomic mass is 16.5. The van der Waals surface area contributed by atoms with Crippen LogP contribution in [0, 0.1) is 5.92 Å². The Morgan fingerprint density at radius 1 is 1.04 bits per heavy atom. The molecule has 0 aromatic heterocycles. The highest BCUT2D eigenvalue weighted by molar-refractivity contribution is 5.88. The summed E-state index contributed by atoms with van der Waals surface area (Å²) >= 11 is 0. The van der Waals surface area contributed by atoms with Gasteiger partial charge in [0, 0.05) is 19.2 Å². The zero-order valence-corrected chi connectivity index (χ0v) is 15.5. The second-order valence-electron chi connectivity index (χ2n) is 6.64. The van der Waals surface area contributed by atoms with Crippen LogP contribution in [0.3, 0.4) is 0 Å². The van der Waals surface area contributed by atoms with Crippen LogP contribution in [0.25, 0.3) is 0 Å². The van der Waals surface area contributed by atoms with Crippen LogP contribution in [0.5, 0.6) is 0 Å². The predicted molar refractivity (Wildman–Crippen MR) is 99.1 cm³/mol. The maximum absolute atomic E-state index is 11.0. The number of carbonyl (C=O) groups is 1. The minimum atomic E-state index is -0.0642. The minimum absolute atomic E-state index is 0.0642. The van der Waals surface area contributed by atoms with E-state index in [0.717, 1.165) is 30.2 Å². The maximum Gasteiger partial charge on any atom is 0.221 e. The number of unbranched alkanes of at least 4 members (excludes halogenated alkanes) is 3. The van der Waals surface area contributed by atoms with Gasteiger partial charge >= 0.3 is 0 Å². The number of nitrogens with one attached hydrogen (secondary N) is 1. The third kappa shape index (κ3) is 11.2. The molecule has 0 spiro atoms. The van der Waals surface area contributed by atoms with E-state index in [0.29, 0.717) is 19.8 Å². The predicted octanol–water partition coefficient (Wildman–Crippen LogP) is 4.78. The molecule has 1 rings (SSSR count). The summed E-state index contributed by atoms with van der Waals surface area (Å²) in [5.41, 5.74) is 1.85. The number of ether oxygens (including phenoxy) is 2. The molecule has 0 saturated carbocycles. The first-order valence-electron chi connectivity index (χ1n) is 9.10.